The summed E-state index contributed by atoms with van der Waals surface area (Å²) in [5, 5.41) is 0. The molecule has 0 saturated carbocycles. The monoisotopic (exact) mass is 163 g/mol. The normalized spacial score (nSPS) is 9.17. The highest BCUT2D eigenvalue weighted by Gasteiger charge is 2.21. The average Bonchev–Trinajstić information content (AvgIpc) is 2.17. The van der Waals surface area contributed by atoms with E-state index in [1.807, 2.05) is 18.2 Å². The molecule has 0 saturated heterocycles. The van der Waals surface area contributed by atoms with Crippen LogP contribution in [-0.4, -0.2) is 19.8 Å². The molecule has 3 nitrogen and oxygen atoms in total. The van der Waals surface area contributed by atoms with Crippen molar-refractivity contribution in [3.05, 3.63) is 30.3 Å². The number of benzene rings is 1. The first-order valence-electron chi connectivity index (χ1n) is 3.64. The van der Waals surface area contributed by atoms with Gasteiger partial charge in [-0.15, -0.1) is 0 Å². The molecule has 0 aliphatic heterocycles. The van der Waals surface area contributed by atoms with Gasteiger partial charge in [-0.25, -0.2) is 0 Å². The van der Waals surface area contributed by atoms with Crippen molar-refractivity contribution in [3.8, 4) is 0 Å². The minimum absolute atomic E-state index is 0.416. The first-order valence-corrected chi connectivity index (χ1v) is 3.64. The van der Waals surface area contributed by atoms with Crippen molar-refractivity contribution in [2.75, 3.05) is 7.11 Å². The van der Waals surface area contributed by atoms with E-state index in [1.54, 1.807) is 12.1 Å². The van der Waals surface area contributed by atoms with E-state index in [0.29, 0.717) is 0 Å². The summed E-state index contributed by atoms with van der Waals surface area (Å²) in [6, 6.07) is 9.12. The minimum Gasteiger partial charge on any atom is -0.475 e. The van der Waals surface area contributed by atoms with E-state index in [4.69, 9.17) is 5.64 Å². The molecule has 0 fully saturated rings. The minimum atomic E-state index is -0.670. The summed E-state index contributed by atoms with van der Waals surface area (Å²) in [5.41, 5.74) is 6.34. The van der Waals surface area contributed by atoms with Gasteiger partial charge in [-0.1, -0.05) is 35.8 Å². The topological polar surface area (TPSA) is 52.3 Å². The Morgan fingerprint density at radius 2 is 2.00 bits per heavy atom. The van der Waals surface area contributed by atoms with Crippen molar-refractivity contribution in [1.82, 2.24) is 0 Å². The quantitative estimate of drug-likeness (QED) is 0.633. The molecule has 0 aliphatic rings. The lowest BCUT2D eigenvalue weighted by atomic mass is 9.57. The number of carbonyl (C=O) groups excluding carboxylic acids is 1. The first-order chi connectivity index (χ1) is 5.75. The van der Waals surface area contributed by atoms with E-state index >= 15 is 0 Å². The van der Waals surface area contributed by atoms with Crippen molar-refractivity contribution >= 4 is 18.2 Å². The van der Waals surface area contributed by atoms with Crippen LogP contribution in [0.15, 0.2) is 30.3 Å². The van der Waals surface area contributed by atoms with Crippen LogP contribution in [0.2, 0.25) is 0 Å². The molecule has 0 radical (unpaired) electrons. The number of nitrogens with two attached hydrogens (primary N) is 1. The van der Waals surface area contributed by atoms with Gasteiger partial charge in [0.25, 0.3) is 5.87 Å². The first kappa shape index (κ1) is 8.81. The predicted octanol–water partition coefficient (Wildman–Crippen LogP) is 0.192. The maximum absolute atomic E-state index is 11.0. The second-order valence-electron chi connectivity index (χ2n) is 2.41. The molecule has 0 aliphatic carbocycles. The van der Waals surface area contributed by atoms with Gasteiger partial charge >= 0.3 is 6.85 Å². The molecule has 0 spiro atoms. The van der Waals surface area contributed by atoms with Crippen LogP contribution >= 0.6 is 0 Å². The third-order valence-electron chi connectivity index (χ3n) is 1.61. The number of carbonyl (C=O) groups is 1. The lowest BCUT2D eigenvalue weighted by Gasteiger charge is -2.04. The lowest BCUT2D eigenvalue weighted by molar-refractivity contribution is 0.197. The molecule has 12 heavy (non-hydrogen) atoms. The fraction of sp³-hybridized carbons (Fsp3) is 0.125. The molecular formula is C8H10BNO2. The van der Waals surface area contributed by atoms with Crippen LogP contribution in [0, 0.1) is 0 Å². The Hall–Kier alpha value is -1.29. The summed E-state index contributed by atoms with van der Waals surface area (Å²) < 4.78 is 4.50. The van der Waals surface area contributed by atoms with Gasteiger partial charge in [-0.2, -0.15) is 0 Å². The summed E-state index contributed by atoms with van der Waals surface area (Å²) in [7, 11) is 1.32. The molecule has 0 bridgehead atoms. The molecule has 1 aromatic carbocycles. The SMILES string of the molecule is COC(=O)B(N)c1ccccc1. The van der Waals surface area contributed by atoms with E-state index in [2.05, 4.69) is 4.74 Å². The van der Waals surface area contributed by atoms with Crippen LogP contribution in [0.25, 0.3) is 0 Å². The van der Waals surface area contributed by atoms with Gasteiger partial charge < -0.3 is 10.4 Å². The third-order valence-corrected chi connectivity index (χ3v) is 1.61. The average molecular weight is 163 g/mol. The highest BCUT2D eigenvalue weighted by atomic mass is 16.5. The second-order valence-corrected chi connectivity index (χ2v) is 2.41. The Morgan fingerprint density at radius 1 is 1.42 bits per heavy atom. The highest BCUT2D eigenvalue weighted by molar-refractivity contribution is 6.96. The van der Waals surface area contributed by atoms with E-state index in [-0.39, 0.29) is 0 Å². The van der Waals surface area contributed by atoms with Crippen LogP contribution in [0.4, 0.5) is 4.79 Å². The van der Waals surface area contributed by atoms with Crippen molar-refractivity contribution in [3.63, 3.8) is 0 Å². The van der Waals surface area contributed by atoms with Gasteiger partial charge in [-0.05, 0) is 0 Å². The van der Waals surface area contributed by atoms with Crippen molar-refractivity contribution < 1.29 is 9.53 Å². The van der Waals surface area contributed by atoms with Crippen LogP contribution < -0.4 is 11.1 Å². The van der Waals surface area contributed by atoms with Crippen LogP contribution in [0.3, 0.4) is 0 Å². The number of methoxy groups -OCH3 is 1. The summed E-state index contributed by atoms with van der Waals surface area (Å²) in [5.74, 6) is -0.416. The van der Waals surface area contributed by atoms with Crippen LogP contribution in [0.1, 0.15) is 0 Å². The van der Waals surface area contributed by atoms with Crippen molar-refractivity contribution in [2.24, 2.45) is 5.64 Å². The lowest BCUT2D eigenvalue weighted by Crippen LogP contribution is -2.47. The van der Waals surface area contributed by atoms with E-state index < -0.39 is 12.7 Å². The Morgan fingerprint density at radius 3 is 2.50 bits per heavy atom. The fourth-order valence-electron chi connectivity index (χ4n) is 0.923. The second kappa shape index (κ2) is 3.92. The van der Waals surface area contributed by atoms with E-state index in [0.717, 1.165) is 5.46 Å². The zero-order valence-electron chi connectivity index (χ0n) is 6.86. The molecule has 1 rings (SSSR count). The molecule has 0 unspecified atom stereocenters. The predicted molar refractivity (Wildman–Crippen MR) is 48.4 cm³/mol. The van der Waals surface area contributed by atoms with Gasteiger partial charge in [0.15, 0.2) is 0 Å². The fourth-order valence-corrected chi connectivity index (χ4v) is 0.923. The van der Waals surface area contributed by atoms with Crippen LogP contribution in [0.5, 0.6) is 0 Å². The number of hydrogen-bond acceptors (Lipinski definition) is 3. The summed E-state index contributed by atoms with van der Waals surface area (Å²) in [6.45, 7) is -0.670. The number of hydrogen-bond donors (Lipinski definition) is 1. The zero-order chi connectivity index (χ0) is 8.97. The van der Waals surface area contributed by atoms with Crippen LogP contribution in [-0.2, 0) is 4.74 Å². The maximum atomic E-state index is 11.0. The molecule has 0 atom stereocenters. The summed E-state index contributed by atoms with van der Waals surface area (Å²) >= 11 is 0. The zero-order valence-corrected chi connectivity index (χ0v) is 6.86. The molecule has 62 valence electrons. The van der Waals surface area contributed by atoms with Crippen molar-refractivity contribution in [1.29, 1.82) is 0 Å². The third kappa shape index (κ3) is 1.86. The smallest absolute Gasteiger partial charge is 0.386 e. The van der Waals surface area contributed by atoms with Gasteiger partial charge in [-0.3, -0.25) is 4.79 Å². The number of rotatable bonds is 2. The molecule has 1 aromatic rings. The Bertz CT molecular complexity index is 263. The Kier molecular flexibility index (Phi) is 2.88. The summed E-state index contributed by atoms with van der Waals surface area (Å²) in [6.07, 6.45) is 0. The maximum Gasteiger partial charge on any atom is 0.386 e. The highest BCUT2D eigenvalue weighted by Crippen LogP contribution is 1.87. The Balaban J connectivity index is 2.78. The molecule has 0 amide bonds. The summed E-state index contributed by atoms with van der Waals surface area (Å²) in [4.78, 5) is 11.0. The van der Waals surface area contributed by atoms with Gasteiger partial charge in [0, 0.05) is 0 Å². The Labute approximate surface area is 71.6 Å². The standard InChI is InChI=1S/C8H10BNO2/c1-12-8(11)9(10)7-5-3-2-4-6-7/h2-6H,10H2,1H3. The molecule has 4 heteroatoms. The van der Waals surface area contributed by atoms with Gasteiger partial charge in [0.05, 0.1) is 7.11 Å². The molecule has 0 heterocycles. The van der Waals surface area contributed by atoms with Gasteiger partial charge in [0.1, 0.15) is 0 Å². The van der Waals surface area contributed by atoms with E-state index in [9.17, 15) is 4.79 Å². The molecule has 2 N–H and O–H groups in total. The molecular weight excluding hydrogens is 153 g/mol. The van der Waals surface area contributed by atoms with E-state index in [1.165, 1.54) is 7.11 Å². The van der Waals surface area contributed by atoms with Crippen molar-refractivity contribution in [2.45, 2.75) is 0 Å². The number of ether oxygens (including phenoxy) is 1. The molecule has 0 aromatic heterocycles. The largest absolute Gasteiger partial charge is 0.475 e. The van der Waals surface area contributed by atoms with Gasteiger partial charge in [0.2, 0.25) is 0 Å².